The lowest BCUT2D eigenvalue weighted by molar-refractivity contribution is 0.0999. The van der Waals surface area contributed by atoms with E-state index in [1.54, 1.807) is 6.20 Å². The first kappa shape index (κ1) is 18.1. The third-order valence-electron chi connectivity index (χ3n) is 3.50. The maximum absolute atomic E-state index is 11.5. The van der Waals surface area contributed by atoms with Gasteiger partial charge in [-0.25, -0.2) is 0 Å². The number of carbonyl (C=O) groups excluding carboxylic acids is 1. The number of benzene rings is 1. The Morgan fingerprint density at radius 3 is 2.58 bits per heavy atom. The van der Waals surface area contributed by atoms with Gasteiger partial charge in [-0.15, -0.1) is 0 Å². The van der Waals surface area contributed by atoms with Gasteiger partial charge >= 0.3 is 0 Å². The number of nitrogens with zero attached hydrogens (tertiary/aromatic N) is 1. The van der Waals surface area contributed by atoms with Gasteiger partial charge in [-0.1, -0.05) is 30.3 Å². The van der Waals surface area contributed by atoms with Crippen LogP contribution in [0.3, 0.4) is 0 Å². The highest BCUT2D eigenvalue weighted by atomic mass is 16.5. The van der Waals surface area contributed by atoms with Crippen LogP contribution < -0.4 is 4.74 Å². The quantitative estimate of drug-likeness (QED) is 0.494. The van der Waals surface area contributed by atoms with Crippen molar-refractivity contribution in [3.05, 3.63) is 58.9 Å². The molecule has 1 heterocycles. The third kappa shape index (κ3) is 5.15. The topological polar surface area (TPSA) is 57.6 Å². The second-order valence-electron chi connectivity index (χ2n) is 5.25. The number of ether oxygens (including phenoxy) is 3. The number of pyridine rings is 1. The van der Waals surface area contributed by atoms with Crippen LogP contribution in [0.5, 0.6) is 5.75 Å². The molecular weight excluding hydrogens is 306 g/mol. The molecule has 0 saturated heterocycles. The van der Waals surface area contributed by atoms with Gasteiger partial charge in [0.25, 0.3) is 0 Å². The summed E-state index contributed by atoms with van der Waals surface area (Å²) in [6, 6.07) is 9.89. The monoisotopic (exact) mass is 329 g/mol. The van der Waals surface area contributed by atoms with Gasteiger partial charge in [0.1, 0.15) is 6.61 Å². The molecule has 0 atom stereocenters. The van der Waals surface area contributed by atoms with Crippen molar-refractivity contribution in [3.8, 4) is 5.75 Å². The highest BCUT2D eigenvalue weighted by Gasteiger charge is 2.14. The SMILES string of the molecule is CCOCCOc1c(C)ncc(COCc2ccccc2)c1C=O. The molecule has 0 aliphatic rings. The summed E-state index contributed by atoms with van der Waals surface area (Å²) in [5, 5.41) is 0. The predicted molar refractivity (Wildman–Crippen MR) is 91.3 cm³/mol. The minimum absolute atomic E-state index is 0.304. The van der Waals surface area contributed by atoms with E-state index in [-0.39, 0.29) is 0 Å². The summed E-state index contributed by atoms with van der Waals surface area (Å²) in [6.45, 7) is 6.01. The zero-order valence-corrected chi connectivity index (χ0v) is 14.2. The predicted octanol–water partition coefficient (Wildman–Crippen LogP) is 3.33. The lowest BCUT2D eigenvalue weighted by Crippen LogP contribution is -2.11. The van der Waals surface area contributed by atoms with Crippen LogP contribution in [0.2, 0.25) is 0 Å². The smallest absolute Gasteiger partial charge is 0.154 e. The molecule has 0 aliphatic carbocycles. The molecule has 2 rings (SSSR count). The summed E-state index contributed by atoms with van der Waals surface area (Å²) in [7, 11) is 0. The lowest BCUT2D eigenvalue weighted by Gasteiger charge is -2.14. The van der Waals surface area contributed by atoms with Crippen molar-refractivity contribution in [3.63, 3.8) is 0 Å². The molecule has 0 fully saturated rings. The van der Waals surface area contributed by atoms with Crippen molar-refractivity contribution in [1.29, 1.82) is 0 Å². The van der Waals surface area contributed by atoms with Crippen LogP contribution in [-0.2, 0) is 22.7 Å². The molecule has 128 valence electrons. The molecule has 5 heteroatoms. The van der Waals surface area contributed by atoms with E-state index >= 15 is 0 Å². The van der Waals surface area contributed by atoms with E-state index in [2.05, 4.69) is 4.98 Å². The summed E-state index contributed by atoms with van der Waals surface area (Å²) in [4.78, 5) is 15.8. The molecule has 1 aromatic heterocycles. The fourth-order valence-corrected chi connectivity index (χ4v) is 2.27. The maximum atomic E-state index is 11.5. The van der Waals surface area contributed by atoms with E-state index in [4.69, 9.17) is 14.2 Å². The van der Waals surface area contributed by atoms with Crippen molar-refractivity contribution in [2.45, 2.75) is 27.1 Å². The molecule has 0 bridgehead atoms. The molecule has 0 saturated carbocycles. The summed E-state index contributed by atoms with van der Waals surface area (Å²) < 4.78 is 16.7. The first-order valence-corrected chi connectivity index (χ1v) is 8.02. The van der Waals surface area contributed by atoms with Crippen molar-refractivity contribution < 1.29 is 19.0 Å². The van der Waals surface area contributed by atoms with Gasteiger partial charge in [0, 0.05) is 18.4 Å². The van der Waals surface area contributed by atoms with E-state index in [9.17, 15) is 4.79 Å². The molecule has 0 N–H and O–H groups in total. The Balaban J connectivity index is 2.02. The Bertz CT molecular complexity index is 643. The van der Waals surface area contributed by atoms with E-state index in [0.717, 1.165) is 17.4 Å². The molecule has 5 nitrogen and oxygen atoms in total. The normalized spacial score (nSPS) is 10.6. The minimum Gasteiger partial charge on any atom is -0.489 e. The number of carbonyl (C=O) groups is 1. The van der Waals surface area contributed by atoms with Gasteiger partial charge in [-0.05, 0) is 19.4 Å². The standard InChI is InChI=1S/C19H23NO4/c1-3-22-9-10-24-19-15(2)20-11-17(18(19)12-21)14-23-13-16-7-5-4-6-8-16/h4-8,11-12H,3,9-10,13-14H2,1-2H3. The Labute approximate surface area is 142 Å². The van der Waals surface area contributed by atoms with Crippen LogP contribution in [0.4, 0.5) is 0 Å². The summed E-state index contributed by atoms with van der Waals surface area (Å²) >= 11 is 0. The molecular formula is C19H23NO4. The second kappa shape index (κ2) is 9.80. The van der Waals surface area contributed by atoms with Gasteiger partial charge in [0.15, 0.2) is 12.0 Å². The Morgan fingerprint density at radius 2 is 1.88 bits per heavy atom. The van der Waals surface area contributed by atoms with Crippen LogP contribution in [-0.4, -0.2) is 31.1 Å². The molecule has 0 unspecified atom stereocenters. The fourth-order valence-electron chi connectivity index (χ4n) is 2.27. The number of rotatable bonds is 10. The molecule has 0 amide bonds. The number of hydrogen-bond donors (Lipinski definition) is 0. The zero-order chi connectivity index (χ0) is 17.2. The average molecular weight is 329 g/mol. The van der Waals surface area contributed by atoms with Crippen molar-refractivity contribution in [2.24, 2.45) is 0 Å². The van der Waals surface area contributed by atoms with E-state index in [1.165, 1.54) is 0 Å². The van der Waals surface area contributed by atoms with Gasteiger partial charge in [0.05, 0.1) is 31.1 Å². The van der Waals surface area contributed by atoms with Crippen LogP contribution >= 0.6 is 0 Å². The highest BCUT2D eigenvalue weighted by molar-refractivity contribution is 5.82. The Hall–Kier alpha value is -2.24. The number of aromatic nitrogens is 1. The van der Waals surface area contributed by atoms with E-state index in [1.807, 2.05) is 44.2 Å². The highest BCUT2D eigenvalue weighted by Crippen LogP contribution is 2.24. The molecule has 0 radical (unpaired) electrons. The number of aldehydes is 1. The van der Waals surface area contributed by atoms with E-state index in [0.29, 0.717) is 50.0 Å². The Kier molecular flexibility index (Phi) is 7.39. The van der Waals surface area contributed by atoms with E-state index < -0.39 is 0 Å². The number of aryl methyl sites for hydroxylation is 1. The minimum atomic E-state index is 0.304. The van der Waals surface area contributed by atoms with Gasteiger partial charge in [-0.3, -0.25) is 9.78 Å². The first-order valence-electron chi connectivity index (χ1n) is 8.02. The largest absolute Gasteiger partial charge is 0.489 e. The number of hydrogen-bond acceptors (Lipinski definition) is 5. The molecule has 24 heavy (non-hydrogen) atoms. The molecule has 2 aromatic rings. The molecule has 1 aromatic carbocycles. The second-order valence-corrected chi connectivity index (χ2v) is 5.25. The maximum Gasteiger partial charge on any atom is 0.154 e. The van der Waals surface area contributed by atoms with Crippen LogP contribution in [0.1, 0.15) is 34.1 Å². The molecule has 0 aliphatic heterocycles. The third-order valence-corrected chi connectivity index (χ3v) is 3.50. The zero-order valence-electron chi connectivity index (χ0n) is 14.2. The first-order chi connectivity index (χ1) is 11.8. The van der Waals surface area contributed by atoms with Crippen LogP contribution in [0.25, 0.3) is 0 Å². The summed E-state index contributed by atoms with van der Waals surface area (Å²) in [6.07, 6.45) is 2.46. The summed E-state index contributed by atoms with van der Waals surface area (Å²) in [5.74, 6) is 0.505. The van der Waals surface area contributed by atoms with Gasteiger partial charge in [-0.2, -0.15) is 0 Å². The van der Waals surface area contributed by atoms with Gasteiger partial charge in [0.2, 0.25) is 0 Å². The van der Waals surface area contributed by atoms with Crippen molar-refractivity contribution >= 4 is 6.29 Å². The summed E-state index contributed by atoms with van der Waals surface area (Å²) in [5.41, 5.74) is 2.98. The molecule has 0 spiro atoms. The average Bonchev–Trinajstić information content (AvgIpc) is 2.61. The lowest BCUT2D eigenvalue weighted by atomic mass is 10.1. The fraction of sp³-hybridized carbons (Fsp3) is 0.368. The van der Waals surface area contributed by atoms with Crippen molar-refractivity contribution in [1.82, 2.24) is 4.98 Å². The van der Waals surface area contributed by atoms with Crippen LogP contribution in [0.15, 0.2) is 36.5 Å². The Morgan fingerprint density at radius 1 is 1.08 bits per heavy atom. The van der Waals surface area contributed by atoms with Crippen LogP contribution in [0, 0.1) is 6.92 Å². The van der Waals surface area contributed by atoms with Gasteiger partial charge < -0.3 is 14.2 Å². The van der Waals surface area contributed by atoms with Crippen molar-refractivity contribution in [2.75, 3.05) is 19.8 Å².